The molecule has 0 aromatic carbocycles. The Morgan fingerprint density at radius 2 is 0.842 bits per heavy atom. The van der Waals surface area contributed by atoms with Crippen molar-refractivity contribution in [3.8, 4) is 0 Å². The summed E-state index contributed by atoms with van der Waals surface area (Å²) >= 11 is 0. The number of hydrogen-bond donors (Lipinski definition) is 2. The zero-order valence-corrected chi connectivity index (χ0v) is 51.1. The SMILES string of the molecule is CC/C=C\C/C=C\C/C=C\C/C=C\C/C=C\CCCCCC(=O)NC(COP(=O)(O)OCC[N+](C)(C)C)C(/C=C/CCCCCCCCCCCC)OC(=O)CCCCCCCCCCC/C=C/CCCCCCCC. The average Bonchev–Trinajstić information content (AvgIpc) is 3.38. The molecule has 0 bridgehead atoms. The number of amides is 1. The molecule has 0 rings (SSSR count). The van der Waals surface area contributed by atoms with Gasteiger partial charge in [-0.05, 0) is 102 Å². The lowest BCUT2D eigenvalue weighted by atomic mass is 10.0. The van der Waals surface area contributed by atoms with E-state index >= 15 is 0 Å². The lowest BCUT2D eigenvalue weighted by Crippen LogP contribution is -2.47. The summed E-state index contributed by atoms with van der Waals surface area (Å²) in [4.78, 5) is 37.7. The van der Waals surface area contributed by atoms with E-state index in [-0.39, 0.29) is 31.5 Å². The van der Waals surface area contributed by atoms with E-state index in [2.05, 4.69) is 99.0 Å². The maximum Gasteiger partial charge on any atom is 0.472 e. The summed E-state index contributed by atoms with van der Waals surface area (Å²) in [5, 5.41) is 3.04. The molecule has 10 heteroatoms. The van der Waals surface area contributed by atoms with Crippen molar-refractivity contribution in [3.05, 3.63) is 85.1 Å². The van der Waals surface area contributed by atoms with Gasteiger partial charge in [0, 0.05) is 12.8 Å². The summed E-state index contributed by atoms with van der Waals surface area (Å²) in [7, 11) is 1.47. The summed E-state index contributed by atoms with van der Waals surface area (Å²) in [6.45, 7) is 6.87. The van der Waals surface area contributed by atoms with E-state index in [4.69, 9.17) is 13.8 Å². The van der Waals surface area contributed by atoms with Crippen molar-refractivity contribution >= 4 is 19.7 Å². The molecule has 0 aliphatic heterocycles. The van der Waals surface area contributed by atoms with E-state index < -0.39 is 20.0 Å². The van der Waals surface area contributed by atoms with Crippen LogP contribution in [0.3, 0.4) is 0 Å². The Labute approximate surface area is 469 Å². The van der Waals surface area contributed by atoms with Gasteiger partial charge in [0.2, 0.25) is 5.91 Å². The first kappa shape index (κ1) is 73.2. The topological polar surface area (TPSA) is 111 Å². The third-order valence-corrected chi connectivity index (χ3v) is 14.6. The van der Waals surface area contributed by atoms with Crippen molar-refractivity contribution in [3.63, 3.8) is 0 Å². The van der Waals surface area contributed by atoms with Crippen LogP contribution in [0.15, 0.2) is 85.1 Å². The van der Waals surface area contributed by atoms with Crippen LogP contribution in [0.2, 0.25) is 0 Å². The summed E-state index contributed by atoms with van der Waals surface area (Å²) in [5.74, 6) is -0.544. The number of phosphoric ester groups is 1. The molecule has 0 saturated heterocycles. The van der Waals surface area contributed by atoms with Crippen LogP contribution in [0.1, 0.15) is 271 Å². The second-order valence-electron chi connectivity index (χ2n) is 22.2. The van der Waals surface area contributed by atoms with Gasteiger partial charge in [0.15, 0.2) is 0 Å². The number of esters is 1. The van der Waals surface area contributed by atoms with Crippen molar-refractivity contribution < 1.29 is 37.3 Å². The molecule has 0 aliphatic rings. The number of carbonyl (C=O) groups is 2. The minimum Gasteiger partial charge on any atom is -0.456 e. The first-order chi connectivity index (χ1) is 36.9. The quantitative estimate of drug-likeness (QED) is 0.0205. The highest BCUT2D eigenvalue weighted by Gasteiger charge is 2.30. The first-order valence-electron chi connectivity index (χ1n) is 31.4. The highest BCUT2D eigenvalue weighted by atomic mass is 31.2. The fraction of sp³-hybridized carbons (Fsp3) is 0.758. The molecule has 76 heavy (non-hydrogen) atoms. The second kappa shape index (κ2) is 55.5. The first-order valence-corrected chi connectivity index (χ1v) is 32.9. The van der Waals surface area contributed by atoms with E-state index in [0.29, 0.717) is 23.9 Å². The number of quaternary nitrogens is 1. The van der Waals surface area contributed by atoms with Gasteiger partial charge in [-0.1, -0.05) is 241 Å². The Morgan fingerprint density at radius 1 is 0.474 bits per heavy atom. The normalized spacial score (nSPS) is 14.2. The fourth-order valence-electron chi connectivity index (χ4n) is 8.73. The molecule has 0 radical (unpaired) electrons. The van der Waals surface area contributed by atoms with Gasteiger partial charge < -0.3 is 19.4 Å². The summed E-state index contributed by atoms with van der Waals surface area (Å²) in [5.41, 5.74) is 0. The van der Waals surface area contributed by atoms with Crippen LogP contribution in [-0.4, -0.2) is 74.3 Å². The van der Waals surface area contributed by atoms with Crippen molar-refractivity contribution in [2.24, 2.45) is 0 Å². The molecule has 0 aromatic rings. The molecule has 0 fully saturated rings. The molecule has 9 nitrogen and oxygen atoms in total. The number of rotatable bonds is 56. The number of likely N-dealkylation sites (N-methyl/N-ethyl adjacent to an activating group) is 1. The highest BCUT2D eigenvalue weighted by molar-refractivity contribution is 7.47. The molecule has 0 saturated carbocycles. The lowest BCUT2D eigenvalue weighted by molar-refractivity contribution is -0.870. The Kier molecular flexibility index (Phi) is 53.5. The molecule has 3 unspecified atom stereocenters. The van der Waals surface area contributed by atoms with E-state index in [0.717, 1.165) is 89.9 Å². The molecule has 3 atom stereocenters. The number of nitrogens with one attached hydrogen (secondary N) is 1. The molecule has 2 N–H and O–H groups in total. The minimum atomic E-state index is -4.46. The third kappa shape index (κ3) is 55.9. The van der Waals surface area contributed by atoms with E-state index in [1.54, 1.807) is 0 Å². The van der Waals surface area contributed by atoms with E-state index in [1.165, 1.54) is 141 Å². The molecular weight excluding hydrogens is 964 g/mol. The Bertz CT molecular complexity index is 1580. The predicted molar refractivity (Wildman–Crippen MR) is 328 cm³/mol. The summed E-state index contributed by atoms with van der Waals surface area (Å²) in [6.07, 6.45) is 72.9. The van der Waals surface area contributed by atoms with E-state index in [1.807, 2.05) is 33.3 Å². The average molecular weight is 1080 g/mol. The van der Waals surface area contributed by atoms with Crippen molar-refractivity contribution in [2.75, 3.05) is 40.9 Å². The Hall–Kier alpha value is -2.81. The highest BCUT2D eigenvalue weighted by Crippen LogP contribution is 2.43. The number of ether oxygens (including phenoxy) is 1. The molecule has 0 aliphatic carbocycles. The number of carbonyl (C=O) groups excluding carboxylic acids is 2. The monoisotopic (exact) mass is 1080 g/mol. The number of phosphoric acid groups is 1. The zero-order valence-electron chi connectivity index (χ0n) is 50.2. The van der Waals surface area contributed by atoms with Crippen molar-refractivity contribution in [1.29, 1.82) is 0 Å². The molecule has 440 valence electrons. The second-order valence-corrected chi connectivity index (χ2v) is 23.6. The zero-order chi connectivity index (χ0) is 55.7. The molecule has 1 amide bonds. The number of unbranched alkanes of at least 4 members (excludes halogenated alkanes) is 28. The third-order valence-electron chi connectivity index (χ3n) is 13.6. The van der Waals surface area contributed by atoms with Gasteiger partial charge in [-0.3, -0.25) is 18.6 Å². The Morgan fingerprint density at radius 3 is 1.29 bits per heavy atom. The van der Waals surface area contributed by atoms with Crippen LogP contribution in [0.25, 0.3) is 0 Å². The van der Waals surface area contributed by atoms with Gasteiger partial charge in [0.1, 0.15) is 19.3 Å². The molecule has 0 spiro atoms. The maximum absolute atomic E-state index is 13.5. The predicted octanol–water partition coefficient (Wildman–Crippen LogP) is 19.4. The summed E-state index contributed by atoms with van der Waals surface area (Å²) in [6, 6.07) is -0.870. The molecule has 0 heterocycles. The van der Waals surface area contributed by atoms with Crippen LogP contribution < -0.4 is 5.32 Å². The van der Waals surface area contributed by atoms with Crippen LogP contribution in [0, 0.1) is 0 Å². The number of allylic oxidation sites excluding steroid dienone is 13. The lowest BCUT2D eigenvalue weighted by Gasteiger charge is -2.27. The van der Waals surface area contributed by atoms with Gasteiger partial charge in [-0.25, -0.2) is 4.57 Å². The van der Waals surface area contributed by atoms with Crippen LogP contribution in [-0.2, 0) is 27.9 Å². The number of nitrogens with zero attached hydrogens (tertiary/aromatic N) is 1. The number of hydrogen-bond acceptors (Lipinski definition) is 6. The van der Waals surface area contributed by atoms with Crippen molar-refractivity contribution in [1.82, 2.24) is 5.32 Å². The smallest absolute Gasteiger partial charge is 0.456 e. The van der Waals surface area contributed by atoms with Gasteiger partial charge >= 0.3 is 13.8 Å². The van der Waals surface area contributed by atoms with Crippen molar-refractivity contribution in [2.45, 2.75) is 283 Å². The minimum absolute atomic E-state index is 0.0301. The Balaban J connectivity index is 5.31. The molecular formula is C66H120N2O7P+. The van der Waals surface area contributed by atoms with Gasteiger partial charge in [0.05, 0.1) is 33.8 Å². The maximum atomic E-state index is 13.5. The van der Waals surface area contributed by atoms with Crippen LogP contribution in [0.4, 0.5) is 0 Å². The van der Waals surface area contributed by atoms with Gasteiger partial charge in [-0.2, -0.15) is 0 Å². The van der Waals surface area contributed by atoms with Gasteiger partial charge in [0.25, 0.3) is 0 Å². The van der Waals surface area contributed by atoms with E-state index in [9.17, 15) is 19.0 Å². The van der Waals surface area contributed by atoms with Crippen LogP contribution >= 0.6 is 7.82 Å². The standard InChI is InChI=1S/C66H119N2O7P/c1-7-10-13-16-19-22-25-28-30-32-34-36-38-40-43-46-49-52-55-58-65(69)67-63(62-74-76(71,72)73-61-60-68(4,5)6)64(57-54-51-48-45-42-27-24-21-18-15-12-9-3)75-66(70)59-56-53-50-47-44-41-39-37-35-33-31-29-26-23-20-17-14-11-8-2/h10,13,19,22,28-31,34,36,40,43,54,57,63-64H,7-9,11-12,14-18,20-21,23-27,32-33,35,37-39,41-42,44-53,55-56,58-62H2,1-6H3,(H-,67,69,71,72)/p+1/b13-10-,22-19-,30-28-,31-29+,36-34-,43-40-,57-54+. The largest absolute Gasteiger partial charge is 0.472 e. The fourth-order valence-corrected chi connectivity index (χ4v) is 9.46. The van der Waals surface area contributed by atoms with Crippen LogP contribution in [0.5, 0.6) is 0 Å². The summed E-state index contributed by atoms with van der Waals surface area (Å²) < 4.78 is 30.7. The van der Waals surface area contributed by atoms with Gasteiger partial charge in [-0.15, -0.1) is 0 Å². The molecule has 0 aromatic heterocycles.